The largest absolute Gasteiger partial charge is 0.407 e. The van der Waals surface area contributed by atoms with Gasteiger partial charge in [0.1, 0.15) is 0 Å². The molecule has 5 heteroatoms. The second-order valence-corrected chi connectivity index (χ2v) is 6.07. The summed E-state index contributed by atoms with van der Waals surface area (Å²) < 4.78 is 5.53. The molecular formula is C17H21N3O2. The van der Waals surface area contributed by atoms with Gasteiger partial charge in [-0.3, -0.25) is 10.1 Å². The predicted molar refractivity (Wildman–Crippen MR) is 83.6 cm³/mol. The lowest BCUT2D eigenvalue weighted by Gasteiger charge is -2.06. The minimum atomic E-state index is -0.00104. The first-order valence-corrected chi connectivity index (χ1v) is 7.81. The van der Waals surface area contributed by atoms with Gasteiger partial charge in [0.2, 0.25) is 11.8 Å². The Kier molecular flexibility index (Phi) is 4.22. The van der Waals surface area contributed by atoms with Crippen molar-refractivity contribution in [3.8, 4) is 0 Å². The molecule has 116 valence electrons. The highest BCUT2D eigenvalue weighted by Gasteiger charge is 2.24. The Morgan fingerprint density at radius 2 is 2.00 bits per heavy atom. The van der Waals surface area contributed by atoms with E-state index in [1.807, 2.05) is 0 Å². The van der Waals surface area contributed by atoms with Gasteiger partial charge < -0.3 is 4.42 Å². The predicted octanol–water partition coefficient (Wildman–Crippen LogP) is 3.41. The Morgan fingerprint density at radius 3 is 2.73 bits per heavy atom. The van der Waals surface area contributed by atoms with Gasteiger partial charge in [0.05, 0.1) is 6.42 Å². The molecule has 1 aromatic carbocycles. The number of carbonyl (C=O) groups excluding carboxylic acids is 1. The van der Waals surface area contributed by atoms with Gasteiger partial charge in [-0.05, 0) is 43.4 Å². The zero-order valence-corrected chi connectivity index (χ0v) is 13.1. The Labute approximate surface area is 130 Å². The third kappa shape index (κ3) is 3.35. The number of hydrogen-bond donors (Lipinski definition) is 1. The monoisotopic (exact) mass is 299 g/mol. The molecule has 1 N–H and O–H groups in total. The average molecular weight is 299 g/mol. The number of nitrogens with one attached hydrogen (secondary N) is 1. The summed E-state index contributed by atoms with van der Waals surface area (Å²) in [5.41, 5.74) is 3.63. The van der Waals surface area contributed by atoms with Crippen LogP contribution in [-0.4, -0.2) is 16.1 Å². The van der Waals surface area contributed by atoms with E-state index in [2.05, 4.69) is 47.6 Å². The fraction of sp³-hybridized carbons (Fsp3) is 0.471. The summed E-state index contributed by atoms with van der Waals surface area (Å²) in [6, 6.07) is 6.47. The molecule has 1 saturated carbocycles. The van der Waals surface area contributed by atoms with Crippen LogP contribution in [0.5, 0.6) is 0 Å². The van der Waals surface area contributed by atoms with Crippen molar-refractivity contribution < 1.29 is 9.21 Å². The fourth-order valence-electron chi connectivity index (χ4n) is 2.86. The van der Waals surface area contributed by atoms with Crippen molar-refractivity contribution in [3.05, 3.63) is 40.8 Å². The lowest BCUT2D eigenvalue weighted by molar-refractivity contribution is -0.119. The number of rotatable bonds is 4. The Hall–Kier alpha value is -2.17. The van der Waals surface area contributed by atoms with Gasteiger partial charge in [-0.1, -0.05) is 36.1 Å². The molecule has 5 nitrogen and oxygen atoms in total. The minimum absolute atomic E-state index is 0.00104. The van der Waals surface area contributed by atoms with Crippen LogP contribution >= 0.6 is 0 Å². The number of aryl methyl sites for hydroxylation is 2. The van der Waals surface area contributed by atoms with Crippen LogP contribution in [0.15, 0.2) is 22.6 Å². The van der Waals surface area contributed by atoms with Crippen LogP contribution < -0.4 is 5.32 Å². The maximum absolute atomic E-state index is 12.0. The molecular weight excluding hydrogens is 278 g/mol. The van der Waals surface area contributed by atoms with E-state index in [1.165, 1.54) is 11.1 Å². The summed E-state index contributed by atoms with van der Waals surface area (Å²) in [5, 5.41) is 10.7. The molecule has 1 aliphatic carbocycles. The summed E-state index contributed by atoms with van der Waals surface area (Å²) >= 11 is 0. The van der Waals surface area contributed by atoms with Crippen molar-refractivity contribution in [2.45, 2.75) is 46.0 Å². The van der Waals surface area contributed by atoms with E-state index in [1.54, 1.807) is 0 Å². The second-order valence-electron chi connectivity index (χ2n) is 6.07. The number of nitrogens with zero attached hydrogens (tertiary/aromatic N) is 2. The van der Waals surface area contributed by atoms with E-state index in [4.69, 9.17) is 4.42 Å². The first kappa shape index (κ1) is 14.8. The number of hydrogen-bond acceptors (Lipinski definition) is 4. The lowest BCUT2D eigenvalue weighted by atomic mass is 10.0. The average Bonchev–Trinajstić information content (AvgIpc) is 3.15. The Morgan fingerprint density at radius 1 is 1.23 bits per heavy atom. The van der Waals surface area contributed by atoms with Crippen molar-refractivity contribution in [1.82, 2.24) is 10.2 Å². The number of aromatic nitrogens is 2. The SMILES string of the molecule is Cc1ccc(Cc2nnc(NC(=O)C3CCCC3)o2)cc1C. The lowest BCUT2D eigenvalue weighted by Crippen LogP contribution is -2.20. The maximum Gasteiger partial charge on any atom is 0.322 e. The van der Waals surface area contributed by atoms with Crippen LogP contribution in [0.2, 0.25) is 0 Å². The fourth-order valence-corrected chi connectivity index (χ4v) is 2.86. The highest BCUT2D eigenvalue weighted by Crippen LogP contribution is 2.26. The summed E-state index contributed by atoms with van der Waals surface area (Å²) in [4.78, 5) is 12.0. The molecule has 3 rings (SSSR count). The number of benzene rings is 1. The quantitative estimate of drug-likeness (QED) is 0.939. The molecule has 1 amide bonds. The van der Waals surface area contributed by atoms with Crippen molar-refractivity contribution >= 4 is 11.9 Å². The molecule has 2 aromatic rings. The molecule has 1 fully saturated rings. The molecule has 22 heavy (non-hydrogen) atoms. The smallest absolute Gasteiger partial charge is 0.322 e. The second kappa shape index (κ2) is 6.30. The van der Waals surface area contributed by atoms with Crippen LogP contribution in [0, 0.1) is 19.8 Å². The van der Waals surface area contributed by atoms with E-state index < -0.39 is 0 Å². The molecule has 1 aromatic heterocycles. The van der Waals surface area contributed by atoms with Crippen molar-refractivity contribution in [3.63, 3.8) is 0 Å². The van der Waals surface area contributed by atoms with E-state index in [0.717, 1.165) is 31.2 Å². The van der Waals surface area contributed by atoms with Crippen molar-refractivity contribution in [2.24, 2.45) is 5.92 Å². The zero-order chi connectivity index (χ0) is 15.5. The number of amides is 1. The van der Waals surface area contributed by atoms with Crippen molar-refractivity contribution in [1.29, 1.82) is 0 Å². The normalized spacial score (nSPS) is 15.2. The molecule has 0 unspecified atom stereocenters. The molecule has 1 aliphatic rings. The third-order valence-electron chi connectivity index (χ3n) is 4.35. The molecule has 0 spiro atoms. The van der Waals surface area contributed by atoms with E-state index in [0.29, 0.717) is 12.3 Å². The van der Waals surface area contributed by atoms with E-state index >= 15 is 0 Å². The molecule has 1 heterocycles. The van der Waals surface area contributed by atoms with Gasteiger partial charge in [-0.15, -0.1) is 5.10 Å². The third-order valence-corrected chi connectivity index (χ3v) is 4.35. The molecule has 0 atom stereocenters. The first-order chi connectivity index (χ1) is 10.6. The molecule has 0 bridgehead atoms. The van der Waals surface area contributed by atoms with Crippen LogP contribution in [0.4, 0.5) is 6.01 Å². The van der Waals surface area contributed by atoms with Gasteiger partial charge in [-0.25, -0.2) is 0 Å². The Balaban J connectivity index is 1.63. The highest BCUT2D eigenvalue weighted by molar-refractivity contribution is 5.90. The van der Waals surface area contributed by atoms with Gasteiger partial charge in [0, 0.05) is 5.92 Å². The van der Waals surface area contributed by atoms with Gasteiger partial charge in [0.15, 0.2) is 0 Å². The van der Waals surface area contributed by atoms with Crippen LogP contribution in [0.3, 0.4) is 0 Å². The minimum Gasteiger partial charge on any atom is -0.407 e. The zero-order valence-electron chi connectivity index (χ0n) is 13.1. The number of carbonyl (C=O) groups is 1. The van der Waals surface area contributed by atoms with E-state index in [-0.39, 0.29) is 17.8 Å². The van der Waals surface area contributed by atoms with Gasteiger partial charge in [-0.2, -0.15) is 0 Å². The summed E-state index contributed by atoms with van der Waals surface area (Å²) in [6.45, 7) is 4.17. The summed E-state index contributed by atoms with van der Waals surface area (Å²) in [7, 11) is 0. The maximum atomic E-state index is 12.0. The topological polar surface area (TPSA) is 68.0 Å². The van der Waals surface area contributed by atoms with Crippen LogP contribution in [0.25, 0.3) is 0 Å². The standard InChI is InChI=1S/C17H21N3O2/c1-11-7-8-13(9-12(11)2)10-15-19-20-17(22-15)18-16(21)14-5-3-4-6-14/h7-9,14H,3-6,10H2,1-2H3,(H,18,20,21). The molecule has 0 saturated heterocycles. The van der Waals surface area contributed by atoms with Gasteiger partial charge in [0.25, 0.3) is 0 Å². The van der Waals surface area contributed by atoms with Gasteiger partial charge >= 0.3 is 6.01 Å². The van der Waals surface area contributed by atoms with E-state index in [9.17, 15) is 4.79 Å². The van der Waals surface area contributed by atoms with Crippen molar-refractivity contribution in [2.75, 3.05) is 5.32 Å². The van der Waals surface area contributed by atoms with Crippen LogP contribution in [-0.2, 0) is 11.2 Å². The number of anilines is 1. The van der Waals surface area contributed by atoms with Crippen LogP contribution in [0.1, 0.15) is 48.3 Å². The Bertz CT molecular complexity index is 672. The highest BCUT2D eigenvalue weighted by atomic mass is 16.4. The summed E-state index contributed by atoms with van der Waals surface area (Å²) in [6.07, 6.45) is 4.73. The molecule has 0 radical (unpaired) electrons. The molecule has 0 aliphatic heterocycles. The first-order valence-electron chi connectivity index (χ1n) is 7.81. The summed E-state index contributed by atoms with van der Waals surface area (Å²) in [5.74, 6) is 0.610.